The zero-order valence-corrected chi connectivity index (χ0v) is 12.8. The number of aromatic nitrogens is 1. The third kappa shape index (κ3) is 4.23. The van der Waals surface area contributed by atoms with E-state index >= 15 is 0 Å². The molecule has 4 N–H and O–H groups in total. The van der Waals surface area contributed by atoms with Crippen LogP contribution in [0.1, 0.15) is 26.3 Å². The number of amides is 1. The highest BCUT2D eigenvalue weighted by Crippen LogP contribution is 2.19. The molecule has 0 aliphatic carbocycles. The number of fused-ring (bicyclic) bond motifs is 1. The van der Waals surface area contributed by atoms with Crippen molar-refractivity contribution in [2.75, 3.05) is 6.54 Å². The first-order chi connectivity index (χ1) is 9.89. The van der Waals surface area contributed by atoms with Gasteiger partial charge in [-0.2, -0.15) is 0 Å². The summed E-state index contributed by atoms with van der Waals surface area (Å²) in [6.45, 7) is 5.87. The van der Waals surface area contributed by atoms with Crippen molar-refractivity contribution >= 4 is 17.0 Å². The van der Waals surface area contributed by atoms with Crippen molar-refractivity contribution in [2.24, 2.45) is 5.73 Å². The van der Waals surface area contributed by atoms with Crippen LogP contribution < -0.4 is 11.1 Å². The number of hydrogen-bond donors (Lipinski definition) is 3. The van der Waals surface area contributed by atoms with Gasteiger partial charge in [-0.15, -0.1) is 0 Å². The number of ether oxygens (including phenoxy) is 1. The molecule has 5 heteroatoms. The van der Waals surface area contributed by atoms with Crippen LogP contribution in [0.25, 0.3) is 10.9 Å². The van der Waals surface area contributed by atoms with Gasteiger partial charge in [-0.1, -0.05) is 18.2 Å². The lowest BCUT2D eigenvalue weighted by Crippen LogP contribution is -2.44. The van der Waals surface area contributed by atoms with Gasteiger partial charge in [0.05, 0.1) is 0 Å². The highest BCUT2D eigenvalue weighted by molar-refractivity contribution is 5.83. The van der Waals surface area contributed by atoms with Gasteiger partial charge < -0.3 is 20.8 Å². The summed E-state index contributed by atoms with van der Waals surface area (Å²) in [6, 6.07) is 7.92. The normalized spacial score (nSPS) is 13.1. The minimum atomic E-state index is -0.510. The fourth-order valence-corrected chi connectivity index (χ4v) is 2.23. The number of alkyl carbamates (subject to hydrolysis) is 1. The van der Waals surface area contributed by atoms with Gasteiger partial charge in [0.1, 0.15) is 5.60 Å². The van der Waals surface area contributed by atoms with Gasteiger partial charge in [-0.05, 0) is 38.8 Å². The maximum absolute atomic E-state index is 11.8. The summed E-state index contributed by atoms with van der Waals surface area (Å²) in [5.41, 5.74) is 7.48. The Morgan fingerprint density at radius 1 is 1.38 bits per heavy atom. The van der Waals surface area contributed by atoms with Crippen molar-refractivity contribution in [3.63, 3.8) is 0 Å². The van der Waals surface area contributed by atoms with Gasteiger partial charge in [-0.3, -0.25) is 0 Å². The molecule has 21 heavy (non-hydrogen) atoms. The van der Waals surface area contributed by atoms with Crippen LogP contribution in [0, 0.1) is 0 Å². The topological polar surface area (TPSA) is 80.1 Å². The number of nitrogens with two attached hydrogens (primary N) is 1. The molecule has 0 aliphatic rings. The lowest BCUT2D eigenvalue weighted by atomic mass is 10.1. The molecule has 1 aromatic carbocycles. The van der Waals surface area contributed by atoms with Gasteiger partial charge in [-0.25, -0.2) is 4.79 Å². The Hall–Kier alpha value is -2.01. The SMILES string of the molecule is CC(C)(C)OC(=O)N[C@@H](CN)Cc1c[nH]c2ccccc12. The molecule has 0 spiro atoms. The molecule has 0 radical (unpaired) electrons. The quantitative estimate of drug-likeness (QED) is 0.809. The van der Waals surface area contributed by atoms with Crippen molar-refractivity contribution in [3.8, 4) is 0 Å². The van der Waals surface area contributed by atoms with E-state index < -0.39 is 11.7 Å². The van der Waals surface area contributed by atoms with Crippen LogP contribution in [0.3, 0.4) is 0 Å². The summed E-state index contributed by atoms with van der Waals surface area (Å²) in [7, 11) is 0. The Labute approximate surface area is 124 Å². The van der Waals surface area contributed by atoms with Gasteiger partial charge >= 0.3 is 6.09 Å². The maximum Gasteiger partial charge on any atom is 0.407 e. The van der Waals surface area contributed by atoms with E-state index in [0.29, 0.717) is 13.0 Å². The number of hydrogen-bond acceptors (Lipinski definition) is 3. The van der Waals surface area contributed by atoms with Gasteiger partial charge in [0.2, 0.25) is 0 Å². The second-order valence-corrected chi connectivity index (χ2v) is 6.14. The molecule has 1 amide bonds. The Morgan fingerprint density at radius 3 is 2.76 bits per heavy atom. The van der Waals surface area contributed by atoms with Crippen molar-refractivity contribution in [3.05, 3.63) is 36.0 Å². The van der Waals surface area contributed by atoms with E-state index in [4.69, 9.17) is 10.5 Å². The number of benzene rings is 1. The molecule has 2 aromatic rings. The summed E-state index contributed by atoms with van der Waals surface area (Å²) in [5.74, 6) is 0. The van der Waals surface area contributed by atoms with Crippen molar-refractivity contribution in [2.45, 2.75) is 38.8 Å². The zero-order chi connectivity index (χ0) is 15.5. The maximum atomic E-state index is 11.8. The second kappa shape index (κ2) is 6.18. The number of H-pyrrole nitrogens is 1. The molecule has 0 saturated carbocycles. The molecule has 0 fully saturated rings. The van der Waals surface area contributed by atoms with Crippen LogP contribution in [-0.2, 0) is 11.2 Å². The summed E-state index contributed by atoms with van der Waals surface area (Å²) in [6.07, 6.45) is 2.20. The van der Waals surface area contributed by atoms with E-state index in [1.807, 2.05) is 45.2 Å². The fraction of sp³-hybridized carbons (Fsp3) is 0.438. The Kier molecular flexibility index (Phi) is 4.53. The molecule has 0 saturated heterocycles. The van der Waals surface area contributed by atoms with E-state index in [0.717, 1.165) is 16.5 Å². The third-order valence-electron chi connectivity index (χ3n) is 3.15. The second-order valence-electron chi connectivity index (χ2n) is 6.14. The Balaban J connectivity index is 2.04. The molecule has 1 aromatic heterocycles. The molecule has 114 valence electrons. The van der Waals surface area contributed by atoms with Crippen molar-refractivity contribution in [1.82, 2.24) is 10.3 Å². The summed E-state index contributed by atoms with van der Waals surface area (Å²) in [4.78, 5) is 15.0. The Morgan fingerprint density at radius 2 is 2.10 bits per heavy atom. The predicted molar refractivity (Wildman–Crippen MR) is 84.2 cm³/mol. The first-order valence-electron chi connectivity index (χ1n) is 7.13. The van der Waals surface area contributed by atoms with Gasteiger partial charge in [0, 0.05) is 29.7 Å². The predicted octanol–water partition coefficient (Wildman–Crippen LogP) is 2.56. The van der Waals surface area contributed by atoms with E-state index in [-0.39, 0.29) is 6.04 Å². The molecule has 1 atom stereocenters. The fourth-order valence-electron chi connectivity index (χ4n) is 2.23. The average molecular weight is 289 g/mol. The van der Waals surface area contributed by atoms with E-state index in [2.05, 4.69) is 16.4 Å². The molecule has 0 bridgehead atoms. The summed E-state index contributed by atoms with van der Waals surface area (Å²) >= 11 is 0. The van der Waals surface area contributed by atoms with E-state index in [9.17, 15) is 4.79 Å². The molecule has 0 unspecified atom stereocenters. The monoisotopic (exact) mass is 289 g/mol. The zero-order valence-electron chi connectivity index (χ0n) is 12.8. The average Bonchev–Trinajstić information content (AvgIpc) is 2.79. The number of para-hydroxylation sites is 1. The number of nitrogens with one attached hydrogen (secondary N) is 2. The number of carbonyl (C=O) groups is 1. The third-order valence-corrected chi connectivity index (χ3v) is 3.15. The lowest BCUT2D eigenvalue weighted by molar-refractivity contribution is 0.0506. The molecule has 1 heterocycles. The van der Waals surface area contributed by atoms with Crippen LogP contribution in [0.15, 0.2) is 30.5 Å². The molecular weight excluding hydrogens is 266 g/mol. The largest absolute Gasteiger partial charge is 0.444 e. The van der Waals surface area contributed by atoms with Crippen LogP contribution in [0.4, 0.5) is 4.79 Å². The van der Waals surface area contributed by atoms with Crippen LogP contribution in [0.2, 0.25) is 0 Å². The molecule has 5 nitrogen and oxygen atoms in total. The Bertz CT molecular complexity index is 613. The standard InChI is InChI=1S/C16H23N3O2/c1-16(2,3)21-15(20)19-12(9-17)8-11-10-18-14-7-5-4-6-13(11)14/h4-7,10,12,18H,8-9,17H2,1-3H3,(H,19,20)/t12-/m1/s1. The molecule has 0 aliphatic heterocycles. The van der Waals surface area contributed by atoms with Crippen LogP contribution >= 0.6 is 0 Å². The number of rotatable bonds is 4. The van der Waals surface area contributed by atoms with Crippen LogP contribution in [-0.4, -0.2) is 29.3 Å². The smallest absolute Gasteiger partial charge is 0.407 e. The van der Waals surface area contributed by atoms with Gasteiger partial charge in [0.25, 0.3) is 0 Å². The van der Waals surface area contributed by atoms with Crippen molar-refractivity contribution < 1.29 is 9.53 Å². The highest BCUT2D eigenvalue weighted by Gasteiger charge is 2.19. The lowest BCUT2D eigenvalue weighted by Gasteiger charge is -2.23. The highest BCUT2D eigenvalue weighted by atomic mass is 16.6. The number of aromatic amines is 1. The number of carbonyl (C=O) groups excluding carboxylic acids is 1. The first-order valence-corrected chi connectivity index (χ1v) is 7.13. The molecular formula is C16H23N3O2. The van der Waals surface area contributed by atoms with Crippen molar-refractivity contribution in [1.29, 1.82) is 0 Å². The minimum Gasteiger partial charge on any atom is -0.444 e. The minimum absolute atomic E-state index is 0.154. The summed E-state index contributed by atoms with van der Waals surface area (Å²) in [5, 5.41) is 3.98. The summed E-state index contributed by atoms with van der Waals surface area (Å²) < 4.78 is 5.26. The van der Waals surface area contributed by atoms with E-state index in [1.165, 1.54) is 0 Å². The van der Waals surface area contributed by atoms with Gasteiger partial charge in [0.15, 0.2) is 0 Å². The first kappa shape index (κ1) is 15.4. The van der Waals surface area contributed by atoms with E-state index in [1.54, 1.807) is 0 Å². The van der Waals surface area contributed by atoms with Crippen LogP contribution in [0.5, 0.6) is 0 Å². The molecule has 2 rings (SSSR count).